The molecule has 0 saturated carbocycles. The van der Waals surface area contributed by atoms with Crippen molar-refractivity contribution in [1.82, 2.24) is 14.8 Å². The first-order valence-corrected chi connectivity index (χ1v) is 9.05. The fourth-order valence-corrected chi connectivity index (χ4v) is 3.39. The number of fused-ring (bicyclic) bond motifs is 1. The SMILES string of the molecule is CCCN(CCC)C(=O)CC(CN(C)C)c1c[nH]c2ccccc12. The molecule has 0 spiro atoms. The average Bonchev–Trinajstić information content (AvgIpc) is 2.97. The number of amides is 1. The summed E-state index contributed by atoms with van der Waals surface area (Å²) in [6.45, 7) is 6.85. The number of hydrogen-bond donors (Lipinski definition) is 1. The topological polar surface area (TPSA) is 39.3 Å². The molecule has 0 fully saturated rings. The van der Waals surface area contributed by atoms with Crippen LogP contribution in [-0.4, -0.2) is 54.4 Å². The Labute approximate surface area is 145 Å². The second-order valence-electron chi connectivity index (χ2n) is 6.83. The normalized spacial score (nSPS) is 12.7. The molecular weight excluding hydrogens is 298 g/mol. The van der Waals surface area contributed by atoms with Gasteiger partial charge < -0.3 is 14.8 Å². The van der Waals surface area contributed by atoms with Crippen molar-refractivity contribution < 1.29 is 4.79 Å². The second-order valence-corrected chi connectivity index (χ2v) is 6.83. The number of aromatic amines is 1. The Balaban J connectivity index is 2.23. The highest BCUT2D eigenvalue weighted by Crippen LogP contribution is 2.29. The van der Waals surface area contributed by atoms with Crippen LogP contribution in [0.4, 0.5) is 0 Å². The molecule has 132 valence electrons. The molecule has 24 heavy (non-hydrogen) atoms. The molecule has 4 nitrogen and oxygen atoms in total. The summed E-state index contributed by atoms with van der Waals surface area (Å²) in [7, 11) is 4.14. The summed E-state index contributed by atoms with van der Waals surface area (Å²) in [6.07, 6.45) is 4.67. The second kappa shape index (κ2) is 8.88. The van der Waals surface area contributed by atoms with Gasteiger partial charge in [-0.05, 0) is 38.6 Å². The minimum atomic E-state index is 0.208. The van der Waals surface area contributed by atoms with Crippen LogP contribution in [0.5, 0.6) is 0 Å². The van der Waals surface area contributed by atoms with Crippen molar-refractivity contribution >= 4 is 16.8 Å². The summed E-state index contributed by atoms with van der Waals surface area (Å²) in [6, 6.07) is 8.34. The number of para-hydroxylation sites is 1. The maximum atomic E-state index is 12.8. The lowest BCUT2D eigenvalue weighted by Crippen LogP contribution is -2.34. The van der Waals surface area contributed by atoms with Gasteiger partial charge in [-0.1, -0.05) is 32.0 Å². The lowest BCUT2D eigenvalue weighted by molar-refractivity contribution is -0.131. The van der Waals surface area contributed by atoms with Crippen molar-refractivity contribution in [3.63, 3.8) is 0 Å². The zero-order valence-corrected chi connectivity index (χ0v) is 15.5. The van der Waals surface area contributed by atoms with Crippen LogP contribution in [0.3, 0.4) is 0 Å². The third-order valence-corrected chi connectivity index (χ3v) is 4.41. The summed E-state index contributed by atoms with van der Waals surface area (Å²) in [5.41, 5.74) is 2.39. The summed E-state index contributed by atoms with van der Waals surface area (Å²) in [5.74, 6) is 0.482. The van der Waals surface area contributed by atoms with Crippen molar-refractivity contribution in [2.75, 3.05) is 33.7 Å². The number of hydrogen-bond acceptors (Lipinski definition) is 2. The summed E-state index contributed by atoms with van der Waals surface area (Å²) < 4.78 is 0. The first-order valence-electron chi connectivity index (χ1n) is 9.05. The molecular formula is C20H31N3O. The van der Waals surface area contributed by atoms with Crippen molar-refractivity contribution in [2.45, 2.75) is 39.0 Å². The Morgan fingerprint density at radius 1 is 1.12 bits per heavy atom. The largest absolute Gasteiger partial charge is 0.361 e. The number of benzene rings is 1. The Morgan fingerprint density at radius 2 is 1.79 bits per heavy atom. The van der Waals surface area contributed by atoms with Gasteiger partial charge in [0.1, 0.15) is 0 Å². The predicted octanol–water partition coefficient (Wildman–Crippen LogP) is 3.85. The molecule has 4 heteroatoms. The quantitative estimate of drug-likeness (QED) is 0.759. The lowest BCUT2D eigenvalue weighted by Gasteiger charge is -2.26. The van der Waals surface area contributed by atoms with Gasteiger partial charge in [-0.25, -0.2) is 0 Å². The van der Waals surface area contributed by atoms with Gasteiger partial charge in [-0.3, -0.25) is 4.79 Å². The van der Waals surface area contributed by atoms with Crippen molar-refractivity contribution in [3.8, 4) is 0 Å². The van der Waals surface area contributed by atoms with Gasteiger partial charge in [0.25, 0.3) is 0 Å². The van der Waals surface area contributed by atoms with E-state index in [1.807, 2.05) is 11.0 Å². The smallest absolute Gasteiger partial charge is 0.223 e. The van der Waals surface area contributed by atoms with Crippen LogP contribution < -0.4 is 0 Å². The third-order valence-electron chi connectivity index (χ3n) is 4.41. The number of carbonyl (C=O) groups is 1. The molecule has 1 heterocycles. The molecule has 2 rings (SSSR count). The van der Waals surface area contributed by atoms with Crippen LogP contribution in [0.2, 0.25) is 0 Å². The number of aromatic nitrogens is 1. The number of nitrogens with zero attached hydrogens (tertiary/aromatic N) is 2. The number of carbonyl (C=O) groups excluding carboxylic acids is 1. The molecule has 1 amide bonds. The van der Waals surface area contributed by atoms with Crippen LogP contribution in [0.1, 0.15) is 44.6 Å². The van der Waals surface area contributed by atoms with E-state index in [9.17, 15) is 4.79 Å². The molecule has 0 aliphatic carbocycles. The Kier molecular flexibility index (Phi) is 6.85. The Morgan fingerprint density at radius 3 is 2.42 bits per heavy atom. The van der Waals surface area contributed by atoms with E-state index in [2.05, 4.69) is 62.2 Å². The van der Waals surface area contributed by atoms with Gasteiger partial charge in [-0.2, -0.15) is 0 Å². The average molecular weight is 329 g/mol. The standard InChI is InChI=1S/C20H31N3O/c1-5-11-23(12-6-2)20(24)13-16(15-22(3)4)18-14-21-19-10-8-7-9-17(18)19/h7-10,14,16,21H,5-6,11-13,15H2,1-4H3. The summed E-state index contributed by atoms with van der Waals surface area (Å²) >= 11 is 0. The monoisotopic (exact) mass is 329 g/mol. The van der Waals surface area contributed by atoms with Gasteiger partial charge in [0.15, 0.2) is 0 Å². The van der Waals surface area contributed by atoms with Gasteiger partial charge in [0.2, 0.25) is 5.91 Å². The third kappa shape index (κ3) is 4.60. The highest BCUT2D eigenvalue weighted by atomic mass is 16.2. The minimum Gasteiger partial charge on any atom is -0.361 e. The fourth-order valence-electron chi connectivity index (χ4n) is 3.39. The van der Waals surface area contributed by atoms with Crippen molar-refractivity contribution in [2.24, 2.45) is 0 Å². The van der Waals surface area contributed by atoms with Gasteiger partial charge in [0.05, 0.1) is 0 Å². The lowest BCUT2D eigenvalue weighted by atomic mass is 9.94. The van der Waals surface area contributed by atoms with Crippen molar-refractivity contribution in [3.05, 3.63) is 36.0 Å². The van der Waals surface area contributed by atoms with E-state index in [4.69, 9.17) is 0 Å². The van der Waals surface area contributed by atoms with E-state index >= 15 is 0 Å². The van der Waals surface area contributed by atoms with E-state index in [1.54, 1.807) is 0 Å². The molecule has 1 aromatic carbocycles. The van der Waals surface area contributed by atoms with Gasteiger partial charge in [-0.15, -0.1) is 0 Å². The van der Waals surface area contributed by atoms with E-state index < -0.39 is 0 Å². The van der Waals surface area contributed by atoms with E-state index in [0.717, 1.165) is 38.0 Å². The molecule has 0 aliphatic heterocycles. The zero-order chi connectivity index (χ0) is 17.5. The van der Waals surface area contributed by atoms with Gasteiger partial charge in [0, 0.05) is 49.1 Å². The highest BCUT2D eigenvalue weighted by Gasteiger charge is 2.22. The molecule has 0 bridgehead atoms. The molecule has 2 aromatic rings. The van der Waals surface area contributed by atoms with Crippen LogP contribution in [-0.2, 0) is 4.79 Å². The Hall–Kier alpha value is -1.81. The molecule has 1 aromatic heterocycles. The molecule has 1 atom stereocenters. The molecule has 1 unspecified atom stereocenters. The van der Waals surface area contributed by atoms with Gasteiger partial charge >= 0.3 is 0 Å². The van der Waals surface area contributed by atoms with Crippen LogP contribution in [0, 0.1) is 0 Å². The maximum absolute atomic E-state index is 12.8. The predicted molar refractivity (Wildman–Crippen MR) is 101 cm³/mol. The Bertz CT molecular complexity index is 641. The van der Waals surface area contributed by atoms with E-state index in [0.29, 0.717) is 6.42 Å². The van der Waals surface area contributed by atoms with E-state index in [-0.39, 0.29) is 11.8 Å². The molecule has 1 N–H and O–H groups in total. The minimum absolute atomic E-state index is 0.208. The maximum Gasteiger partial charge on any atom is 0.223 e. The first-order chi connectivity index (χ1) is 11.6. The fraction of sp³-hybridized carbons (Fsp3) is 0.550. The van der Waals surface area contributed by atoms with E-state index in [1.165, 1.54) is 10.9 Å². The zero-order valence-electron chi connectivity index (χ0n) is 15.5. The molecule has 0 aliphatic rings. The van der Waals surface area contributed by atoms with Crippen LogP contribution >= 0.6 is 0 Å². The molecule has 0 saturated heterocycles. The molecule has 0 radical (unpaired) electrons. The van der Waals surface area contributed by atoms with Crippen molar-refractivity contribution in [1.29, 1.82) is 0 Å². The highest BCUT2D eigenvalue weighted by molar-refractivity contribution is 5.85. The van der Waals surface area contributed by atoms with Crippen LogP contribution in [0.25, 0.3) is 10.9 Å². The number of rotatable bonds is 9. The summed E-state index contributed by atoms with van der Waals surface area (Å²) in [4.78, 5) is 20.4. The van der Waals surface area contributed by atoms with Crippen LogP contribution in [0.15, 0.2) is 30.5 Å². The number of H-pyrrole nitrogens is 1. The summed E-state index contributed by atoms with van der Waals surface area (Å²) in [5, 5.41) is 1.23. The number of likely N-dealkylation sites (N-methyl/N-ethyl adjacent to an activating group) is 1. The first kappa shape index (κ1) is 18.5. The number of nitrogens with one attached hydrogen (secondary N) is 1.